The maximum absolute atomic E-state index is 12.8. The average molecular weight is 328 g/mol. The van der Waals surface area contributed by atoms with Gasteiger partial charge in [0.15, 0.2) is 11.6 Å². The number of carbonyl (C=O) groups excluding carboxylic acids is 3. The summed E-state index contributed by atoms with van der Waals surface area (Å²) in [7, 11) is 0. The van der Waals surface area contributed by atoms with Crippen LogP contribution in [-0.4, -0.2) is 23.4 Å². The van der Waals surface area contributed by atoms with E-state index < -0.39 is 5.92 Å². The standard InChI is InChI=1S/C18H14ClNO3/c1-10(9-19)18(23)20-14-8-4-7-13-15(14)17(22)12-6-3-2-5-11(12)16(13)21/h2-8,10H,9H2,1H3,(H,20,23). The highest BCUT2D eigenvalue weighted by atomic mass is 35.5. The lowest BCUT2D eigenvalue weighted by atomic mass is 9.83. The molecule has 2 aromatic carbocycles. The third-order valence-corrected chi connectivity index (χ3v) is 4.35. The van der Waals surface area contributed by atoms with Gasteiger partial charge in [0.25, 0.3) is 0 Å². The van der Waals surface area contributed by atoms with E-state index in [4.69, 9.17) is 11.6 Å². The molecule has 0 aromatic heterocycles. The number of nitrogens with one attached hydrogen (secondary N) is 1. The molecule has 1 unspecified atom stereocenters. The number of alkyl halides is 1. The molecule has 4 nitrogen and oxygen atoms in total. The van der Waals surface area contributed by atoms with Gasteiger partial charge >= 0.3 is 0 Å². The molecule has 0 bridgehead atoms. The molecule has 0 aliphatic heterocycles. The number of ketones is 2. The van der Waals surface area contributed by atoms with Gasteiger partial charge < -0.3 is 5.32 Å². The van der Waals surface area contributed by atoms with Crippen LogP contribution in [0.5, 0.6) is 0 Å². The topological polar surface area (TPSA) is 63.2 Å². The number of anilines is 1. The van der Waals surface area contributed by atoms with E-state index in [9.17, 15) is 14.4 Å². The van der Waals surface area contributed by atoms with Crippen LogP contribution in [0.15, 0.2) is 42.5 Å². The number of amides is 1. The zero-order valence-electron chi connectivity index (χ0n) is 12.4. The molecule has 1 aliphatic rings. The molecule has 0 heterocycles. The third-order valence-electron chi connectivity index (χ3n) is 3.89. The summed E-state index contributed by atoms with van der Waals surface area (Å²) in [5, 5.41) is 2.71. The fraction of sp³-hybridized carbons (Fsp3) is 0.167. The lowest BCUT2D eigenvalue weighted by Gasteiger charge is -2.20. The highest BCUT2D eigenvalue weighted by molar-refractivity contribution is 6.30. The molecule has 0 fully saturated rings. The van der Waals surface area contributed by atoms with Gasteiger partial charge in [0.2, 0.25) is 5.91 Å². The Bertz CT molecular complexity index is 829. The van der Waals surface area contributed by atoms with Gasteiger partial charge in [-0.05, 0) is 6.07 Å². The van der Waals surface area contributed by atoms with Gasteiger partial charge in [0, 0.05) is 28.5 Å². The monoisotopic (exact) mass is 327 g/mol. The van der Waals surface area contributed by atoms with Crippen molar-refractivity contribution in [1.29, 1.82) is 0 Å². The Balaban J connectivity index is 2.09. The molecule has 116 valence electrons. The number of hydrogen-bond acceptors (Lipinski definition) is 3. The Morgan fingerprint density at radius 1 is 1.00 bits per heavy atom. The number of fused-ring (bicyclic) bond motifs is 2. The summed E-state index contributed by atoms with van der Waals surface area (Å²) in [6, 6.07) is 11.6. The molecule has 23 heavy (non-hydrogen) atoms. The maximum atomic E-state index is 12.8. The Kier molecular flexibility index (Phi) is 4.01. The minimum atomic E-state index is -0.394. The van der Waals surface area contributed by atoms with Crippen molar-refractivity contribution in [3.8, 4) is 0 Å². The Morgan fingerprint density at radius 2 is 1.61 bits per heavy atom. The fourth-order valence-corrected chi connectivity index (χ4v) is 2.72. The molecule has 0 saturated heterocycles. The molecule has 0 radical (unpaired) electrons. The first-order valence-electron chi connectivity index (χ1n) is 7.23. The largest absolute Gasteiger partial charge is 0.325 e. The van der Waals surface area contributed by atoms with Crippen molar-refractivity contribution in [2.24, 2.45) is 5.92 Å². The van der Waals surface area contributed by atoms with Crippen LogP contribution in [0.4, 0.5) is 5.69 Å². The van der Waals surface area contributed by atoms with Crippen molar-refractivity contribution in [3.63, 3.8) is 0 Å². The average Bonchev–Trinajstić information content (AvgIpc) is 2.58. The van der Waals surface area contributed by atoms with Gasteiger partial charge in [-0.1, -0.05) is 43.3 Å². The Labute approximate surface area is 138 Å². The quantitative estimate of drug-likeness (QED) is 0.751. The zero-order valence-corrected chi connectivity index (χ0v) is 13.2. The van der Waals surface area contributed by atoms with Crippen LogP contribution >= 0.6 is 11.6 Å². The van der Waals surface area contributed by atoms with E-state index in [2.05, 4.69) is 5.32 Å². The second-order valence-corrected chi connectivity index (χ2v) is 5.79. The van der Waals surface area contributed by atoms with Gasteiger partial charge in [0.1, 0.15) is 0 Å². The van der Waals surface area contributed by atoms with Gasteiger partial charge in [0.05, 0.1) is 11.3 Å². The van der Waals surface area contributed by atoms with Crippen molar-refractivity contribution in [1.82, 2.24) is 0 Å². The molecule has 1 atom stereocenters. The van der Waals surface area contributed by atoms with E-state index in [0.29, 0.717) is 22.4 Å². The molecule has 1 aliphatic carbocycles. The van der Waals surface area contributed by atoms with Gasteiger partial charge in [-0.3, -0.25) is 14.4 Å². The normalized spacial score (nSPS) is 14.0. The summed E-state index contributed by atoms with van der Waals surface area (Å²) < 4.78 is 0. The predicted octanol–water partition coefficient (Wildman–Crippen LogP) is 3.28. The first kappa shape index (κ1) is 15.4. The fourth-order valence-electron chi connectivity index (χ4n) is 2.58. The van der Waals surface area contributed by atoms with Gasteiger partial charge in [-0.2, -0.15) is 0 Å². The minimum Gasteiger partial charge on any atom is -0.325 e. The summed E-state index contributed by atoms with van der Waals surface area (Å²) in [6.07, 6.45) is 0. The number of rotatable bonds is 3. The molecule has 3 rings (SSSR count). The van der Waals surface area contributed by atoms with Crippen LogP contribution in [-0.2, 0) is 4.79 Å². The van der Waals surface area contributed by atoms with Crippen molar-refractivity contribution < 1.29 is 14.4 Å². The van der Waals surface area contributed by atoms with Crippen LogP contribution in [0.25, 0.3) is 0 Å². The summed E-state index contributed by atoms with van der Waals surface area (Å²) in [5.41, 5.74) is 1.65. The molecular formula is C18H14ClNO3. The van der Waals surface area contributed by atoms with E-state index in [1.54, 1.807) is 49.4 Å². The van der Waals surface area contributed by atoms with E-state index >= 15 is 0 Å². The molecule has 1 amide bonds. The number of hydrogen-bond donors (Lipinski definition) is 1. The molecule has 2 aromatic rings. The Hall–Kier alpha value is -2.46. The summed E-state index contributed by atoms with van der Waals surface area (Å²) in [4.78, 5) is 37.4. The summed E-state index contributed by atoms with van der Waals surface area (Å²) >= 11 is 5.69. The van der Waals surface area contributed by atoms with Crippen LogP contribution in [0, 0.1) is 5.92 Å². The summed E-state index contributed by atoms with van der Waals surface area (Å²) in [5.74, 6) is -0.973. The molecular weight excluding hydrogens is 314 g/mol. The molecule has 0 spiro atoms. The van der Waals surface area contributed by atoms with Crippen molar-refractivity contribution in [3.05, 3.63) is 64.7 Å². The van der Waals surface area contributed by atoms with Crippen molar-refractivity contribution >= 4 is 34.8 Å². The van der Waals surface area contributed by atoms with E-state index in [-0.39, 0.29) is 28.9 Å². The predicted molar refractivity (Wildman–Crippen MR) is 88.3 cm³/mol. The molecule has 0 saturated carbocycles. The first-order chi connectivity index (χ1) is 11.0. The Morgan fingerprint density at radius 3 is 2.26 bits per heavy atom. The smallest absolute Gasteiger partial charge is 0.228 e. The van der Waals surface area contributed by atoms with Gasteiger partial charge in [-0.25, -0.2) is 0 Å². The minimum absolute atomic E-state index is 0.177. The summed E-state index contributed by atoms with van der Waals surface area (Å²) in [6.45, 7) is 1.69. The third kappa shape index (κ3) is 2.55. The highest BCUT2D eigenvalue weighted by Gasteiger charge is 2.31. The van der Waals surface area contributed by atoms with Crippen LogP contribution < -0.4 is 5.32 Å². The van der Waals surface area contributed by atoms with Crippen LogP contribution in [0.2, 0.25) is 0 Å². The van der Waals surface area contributed by atoms with Crippen LogP contribution in [0.1, 0.15) is 38.8 Å². The first-order valence-corrected chi connectivity index (χ1v) is 7.76. The zero-order chi connectivity index (χ0) is 16.6. The van der Waals surface area contributed by atoms with Crippen LogP contribution in [0.3, 0.4) is 0 Å². The van der Waals surface area contributed by atoms with E-state index in [1.165, 1.54) is 0 Å². The SMILES string of the molecule is CC(CCl)C(=O)Nc1cccc2c1C(=O)c1ccccc1C2=O. The number of halogens is 1. The molecule has 1 N–H and O–H groups in total. The highest BCUT2D eigenvalue weighted by Crippen LogP contribution is 2.32. The lowest BCUT2D eigenvalue weighted by Crippen LogP contribution is -2.26. The molecule has 5 heteroatoms. The van der Waals surface area contributed by atoms with Crippen molar-refractivity contribution in [2.45, 2.75) is 6.92 Å². The second-order valence-electron chi connectivity index (χ2n) is 5.48. The van der Waals surface area contributed by atoms with Gasteiger partial charge in [-0.15, -0.1) is 11.6 Å². The number of benzene rings is 2. The lowest BCUT2D eigenvalue weighted by molar-refractivity contribution is -0.118. The van der Waals surface area contributed by atoms with Crippen molar-refractivity contribution in [2.75, 3.05) is 11.2 Å². The van der Waals surface area contributed by atoms with E-state index in [0.717, 1.165) is 0 Å². The maximum Gasteiger partial charge on any atom is 0.228 e. The second kappa shape index (κ2) is 5.97. The number of carbonyl (C=O) groups is 3. The van der Waals surface area contributed by atoms with E-state index in [1.807, 2.05) is 0 Å².